The Morgan fingerprint density at radius 1 is 1.12 bits per heavy atom. The van der Waals surface area contributed by atoms with Crippen LogP contribution in [-0.2, 0) is 23.9 Å². The molecule has 4 aromatic rings. The van der Waals surface area contributed by atoms with E-state index in [9.17, 15) is 23.1 Å². The Morgan fingerprint density at radius 2 is 1.93 bits per heavy atom. The highest BCUT2D eigenvalue weighted by molar-refractivity contribution is 6.03. The van der Waals surface area contributed by atoms with Crippen LogP contribution in [0.2, 0.25) is 0 Å². The number of fused-ring (bicyclic) bond motifs is 2. The molecule has 0 aliphatic carbocycles. The molecular weight excluding hydrogens is 559 g/mol. The van der Waals surface area contributed by atoms with Crippen molar-refractivity contribution in [3.8, 4) is 5.75 Å². The number of alkyl halides is 3. The Labute approximate surface area is 247 Å². The molecule has 0 fully saturated rings. The maximum Gasteiger partial charge on any atom is 0.416 e. The molecule has 3 heterocycles. The third-order valence-corrected chi connectivity index (χ3v) is 8.37. The Kier molecular flexibility index (Phi) is 7.83. The number of hydrazine groups is 1. The number of benzene rings is 3. The first-order chi connectivity index (χ1) is 20.6. The Morgan fingerprint density at radius 3 is 2.72 bits per heavy atom. The van der Waals surface area contributed by atoms with Gasteiger partial charge in [0, 0.05) is 42.1 Å². The van der Waals surface area contributed by atoms with Gasteiger partial charge in [-0.05, 0) is 61.8 Å². The van der Waals surface area contributed by atoms with Crippen LogP contribution >= 0.6 is 0 Å². The summed E-state index contributed by atoms with van der Waals surface area (Å²) in [7, 11) is 1.97. The minimum Gasteiger partial charge on any atom is -0.493 e. The molecule has 2 aliphatic heterocycles. The Hall–Kier alpha value is -4.02. The fraction of sp³-hybridized carbons (Fsp3) is 0.364. The molecule has 226 valence electrons. The summed E-state index contributed by atoms with van der Waals surface area (Å²) in [6.45, 7) is 4.01. The molecule has 6 rings (SSSR count). The van der Waals surface area contributed by atoms with E-state index in [1.807, 2.05) is 28.8 Å². The third-order valence-electron chi connectivity index (χ3n) is 8.37. The molecule has 1 atom stereocenters. The zero-order valence-electron chi connectivity index (χ0n) is 24.1. The number of hydrogen-bond donors (Lipinski definition) is 2. The van der Waals surface area contributed by atoms with E-state index < -0.39 is 17.7 Å². The first kappa shape index (κ1) is 29.1. The lowest BCUT2D eigenvalue weighted by molar-refractivity contribution is -0.137. The summed E-state index contributed by atoms with van der Waals surface area (Å²) >= 11 is 0. The van der Waals surface area contributed by atoms with E-state index in [0.717, 1.165) is 58.3 Å². The van der Waals surface area contributed by atoms with Crippen LogP contribution in [0, 0.1) is 0 Å². The summed E-state index contributed by atoms with van der Waals surface area (Å²) in [4.78, 5) is 12.8. The van der Waals surface area contributed by atoms with Crippen molar-refractivity contribution in [1.29, 1.82) is 0 Å². The molecule has 1 unspecified atom stereocenters. The third kappa shape index (κ3) is 5.45. The number of nitrogens with zero attached hydrogens (tertiary/aromatic N) is 2. The van der Waals surface area contributed by atoms with Crippen molar-refractivity contribution in [2.75, 3.05) is 26.9 Å². The van der Waals surface area contributed by atoms with Gasteiger partial charge in [-0.15, -0.1) is 0 Å². The highest BCUT2D eigenvalue weighted by atomic mass is 19.4. The molecule has 0 amide bonds. The van der Waals surface area contributed by atoms with Crippen molar-refractivity contribution in [3.63, 3.8) is 0 Å². The van der Waals surface area contributed by atoms with Gasteiger partial charge < -0.3 is 24.2 Å². The maximum atomic E-state index is 13.2. The van der Waals surface area contributed by atoms with Crippen LogP contribution in [0.15, 0.2) is 60.3 Å². The zero-order chi connectivity index (χ0) is 30.3. The number of nitrogens with one attached hydrogen (secondary N) is 1. The highest BCUT2D eigenvalue weighted by Gasteiger charge is 2.32. The number of carboxylic acids is 1. The molecule has 43 heavy (non-hydrogen) atoms. The maximum absolute atomic E-state index is 13.2. The summed E-state index contributed by atoms with van der Waals surface area (Å²) < 4.78 is 53.6. The van der Waals surface area contributed by atoms with Gasteiger partial charge in [-0.3, -0.25) is 0 Å². The molecule has 2 N–H and O–H groups in total. The van der Waals surface area contributed by atoms with Gasteiger partial charge in [0.15, 0.2) is 0 Å². The summed E-state index contributed by atoms with van der Waals surface area (Å²) in [5.74, 6) is -0.472. The minimum atomic E-state index is -4.42. The van der Waals surface area contributed by atoms with Crippen LogP contribution in [-0.4, -0.2) is 53.6 Å². The lowest BCUT2D eigenvalue weighted by Gasteiger charge is -2.17. The molecule has 0 radical (unpaired) electrons. The number of aromatic nitrogens is 1. The fourth-order valence-electron chi connectivity index (χ4n) is 6.48. The number of ether oxygens (including phenoxy) is 2. The van der Waals surface area contributed by atoms with Crippen LogP contribution < -0.4 is 10.2 Å². The Balaban J connectivity index is 1.33. The lowest BCUT2D eigenvalue weighted by Crippen LogP contribution is -2.33. The van der Waals surface area contributed by atoms with Crippen LogP contribution in [0.5, 0.6) is 5.75 Å². The lowest BCUT2D eigenvalue weighted by atomic mass is 9.95. The predicted octanol–water partition coefficient (Wildman–Crippen LogP) is 6.88. The van der Waals surface area contributed by atoms with E-state index in [1.54, 1.807) is 18.2 Å². The molecular formula is C33H34F3N3O4. The van der Waals surface area contributed by atoms with Crippen LogP contribution in [0.1, 0.15) is 53.4 Å². The summed E-state index contributed by atoms with van der Waals surface area (Å²) in [6.07, 6.45) is -1.82. The molecule has 2 aliphatic rings. The first-order valence-corrected chi connectivity index (χ1v) is 14.6. The largest absolute Gasteiger partial charge is 0.493 e. The van der Waals surface area contributed by atoms with E-state index >= 15 is 0 Å². The van der Waals surface area contributed by atoms with Crippen molar-refractivity contribution < 1.29 is 32.5 Å². The van der Waals surface area contributed by atoms with Crippen LogP contribution in [0.3, 0.4) is 0 Å². The monoisotopic (exact) mass is 593 g/mol. The SMILES string of the molecule is CC1NN(C)C2=C1c1cccc3c(CCCOc4cccc5cc(C(F)(F)F)ccc45)c(C(=O)O)n(c13)CCCCOC2. The zero-order valence-corrected chi connectivity index (χ0v) is 24.1. The van der Waals surface area contributed by atoms with Crippen LogP contribution in [0.25, 0.3) is 27.2 Å². The van der Waals surface area contributed by atoms with Gasteiger partial charge in [-0.25, -0.2) is 10.2 Å². The average Bonchev–Trinajstić information content (AvgIpc) is 3.43. The quantitative estimate of drug-likeness (QED) is 0.238. The number of likely N-dealkylation sites (N-methyl/N-ethyl adjacent to an activating group) is 1. The summed E-state index contributed by atoms with van der Waals surface area (Å²) in [6, 6.07) is 14.7. The number of halogens is 3. The predicted molar refractivity (Wildman–Crippen MR) is 159 cm³/mol. The van der Waals surface area contributed by atoms with Crippen molar-refractivity contribution in [2.24, 2.45) is 0 Å². The second-order valence-electron chi connectivity index (χ2n) is 11.2. The smallest absolute Gasteiger partial charge is 0.416 e. The Bertz CT molecular complexity index is 1730. The molecule has 0 saturated heterocycles. The van der Waals surface area contributed by atoms with Gasteiger partial charge in [0.2, 0.25) is 0 Å². The number of hydrogen-bond acceptors (Lipinski definition) is 5. The number of rotatable bonds is 6. The van der Waals surface area contributed by atoms with Crippen molar-refractivity contribution >= 4 is 33.2 Å². The average molecular weight is 594 g/mol. The van der Waals surface area contributed by atoms with Crippen molar-refractivity contribution in [3.05, 3.63) is 82.7 Å². The van der Waals surface area contributed by atoms with E-state index in [-0.39, 0.29) is 12.6 Å². The highest BCUT2D eigenvalue weighted by Crippen LogP contribution is 2.39. The van der Waals surface area contributed by atoms with Gasteiger partial charge in [-0.1, -0.05) is 36.4 Å². The normalized spacial score (nSPS) is 17.8. The number of para-hydroxylation sites is 1. The molecule has 3 aromatic carbocycles. The van der Waals surface area contributed by atoms with E-state index in [2.05, 4.69) is 18.4 Å². The van der Waals surface area contributed by atoms with Gasteiger partial charge in [0.25, 0.3) is 0 Å². The van der Waals surface area contributed by atoms with E-state index in [4.69, 9.17) is 9.47 Å². The standard InChI is InChI=1S/C33H34F3N3O4/c1-20-29-26-10-6-9-24-25(11-7-17-43-28-12-5-8-21-18-22(33(34,35)36)13-14-23(21)28)31(32(40)41)39(30(24)26)15-3-4-16-42-19-27(29)38(2)37-20/h5-6,8-10,12-14,18,20,37H,3-4,7,11,15-17,19H2,1-2H3,(H,40,41). The summed E-state index contributed by atoms with van der Waals surface area (Å²) in [5, 5.41) is 14.4. The number of carbonyl (C=O) groups is 1. The summed E-state index contributed by atoms with van der Waals surface area (Å²) in [5.41, 5.74) is 7.87. The van der Waals surface area contributed by atoms with Crippen molar-refractivity contribution in [2.45, 2.75) is 51.4 Å². The first-order valence-electron chi connectivity index (χ1n) is 14.6. The van der Waals surface area contributed by atoms with E-state index in [0.29, 0.717) is 54.8 Å². The molecule has 1 aromatic heterocycles. The molecule has 10 heteroatoms. The number of aryl methyl sites for hydroxylation is 2. The minimum absolute atomic E-state index is 0.0244. The second-order valence-corrected chi connectivity index (χ2v) is 11.2. The molecule has 0 spiro atoms. The van der Waals surface area contributed by atoms with Gasteiger partial charge in [0.05, 0.1) is 36.0 Å². The number of aromatic carboxylic acids is 1. The van der Waals surface area contributed by atoms with Gasteiger partial charge in [-0.2, -0.15) is 13.2 Å². The van der Waals surface area contributed by atoms with Crippen molar-refractivity contribution in [1.82, 2.24) is 15.0 Å². The number of carboxylic acid groups (broad SMARTS) is 1. The van der Waals surface area contributed by atoms with Crippen LogP contribution in [0.4, 0.5) is 13.2 Å². The van der Waals surface area contributed by atoms with Gasteiger partial charge in [0.1, 0.15) is 11.4 Å². The topological polar surface area (TPSA) is 76.0 Å². The second kappa shape index (κ2) is 11.6. The molecule has 7 nitrogen and oxygen atoms in total. The molecule has 0 saturated carbocycles. The van der Waals surface area contributed by atoms with Gasteiger partial charge >= 0.3 is 12.1 Å². The molecule has 0 bridgehead atoms. The van der Waals surface area contributed by atoms with E-state index in [1.165, 1.54) is 6.07 Å². The fourth-order valence-corrected chi connectivity index (χ4v) is 6.48.